The highest BCUT2D eigenvalue weighted by Crippen LogP contribution is 2.47. The molecule has 2 heterocycles. The van der Waals surface area contributed by atoms with E-state index in [0.717, 1.165) is 5.56 Å². The summed E-state index contributed by atoms with van der Waals surface area (Å²) in [5.41, 5.74) is 1.75. The molecule has 1 unspecified atom stereocenters. The van der Waals surface area contributed by atoms with Gasteiger partial charge in [-0.05, 0) is 41.3 Å². The minimum atomic E-state index is -0.488. The Labute approximate surface area is 184 Å². The van der Waals surface area contributed by atoms with Crippen molar-refractivity contribution >= 4 is 34.1 Å². The van der Waals surface area contributed by atoms with Crippen LogP contribution < -0.4 is 5.63 Å². The molecule has 0 saturated carbocycles. The van der Waals surface area contributed by atoms with Crippen LogP contribution in [0.5, 0.6) is 0 Å². The first kappa shape index (κ1) is 19.8. The zero-order valence-electron chi connectivity index (χ0n) is 17.3. The number of hydrogen-bond donors (Lipinski definition) is 0. The van der Waals surface area contributed by atoms with E-state index in [-0.39, 0.29) is 17.1 Å². The molecule has 5 heteroatoms. The number of halogens is 1. The van der Waals surface area contributed by atoms with Gasteiger partial charge in [0.2, 0.25) is 0 Å². The van der Waals surface area contributed by atoms with Crippen molar-refractivity contribution in [2.45, 2.75) is 32.6 Å². The summed E-state index contributed by atoms with van der Waals surface area (Å²) in [4.78, 5) is 25.9. The number of carbonyl (C=O) groups is 1. The lowest BCUT2D eigenvalue weighted by atomic mass is 9.71. The fraction of sp³-hybridized carbons (Fsp3) is 0.231. The monoisotopic (exact) mass is 432 g/mol. The van der Waals surface area contributed by atoms with Crippen LogP contribution in [0.3, 0.4) is 0 Å². The van der Waals surface area contributed by atoms with Gasteiger partial charge < -0.3 is 9.15 Å². The van der Waals surface area contributed by atoms with Gasteiger partial charge in [0.1, 0.15) is 22.7 Å². The van der Waals surface area contributed by atoms with E-state index in [4.69, 9.17) is 20.8 Å². The van der Waals surface area contributed by atoms with E-state index in [1.54, 1.807) is 24.3 Å². The zero-order chi connectivity index (χ0) is 21.8. The maximum absolute atomic E-state index is 13.1. The maximum Gasteiger partial charge on any atom is 0.347 e. The normalized spacial score (nSPS) is 20.3. The van der Waals surface area contributed by atoms with Crippen molar-refractivity contribution in [2.75, 3.05) is 0 Å². The Morgan fingerprint density at radius 3 is 2.55 bits per heavy atom. The summed E-state index contributed by atoms with van der Waals surface area (Å²) >= 11 is 6.13. The molecule has 2 aromatic carbocycles. The molecular formula is C26H21ClO4. The van der Waals surface area contributed by atoms with E-state index >= 15 is 0 Å². The number of allylic oxidation sites excluding steroid dienone is 3. The van der Waals surface area contributed by atoms with Crippen molar-refractivity contribution in [2.24, 2.45) is 5.41 Å². The molecule has 0 amide bonds. The van der Waals surface area contributed by atoms with Gasteiger partial charge in [-0.1, -0.05) is 55.8 Å². The predicted molar refractivity (Wildman–Crippen MR) is 121 cm³/mol. The molecule has 1 aliphatic heterocycles. The Balaban J connectivity index is 1.68. The molecule has 1 aromatic heterocycles. The highest BCUT2D eigenvalue weighted by molar-refractivity contribution is 6.31. The van der Waals surface area contributed by atoms with Crippen LogP contribution in [0.25, 0.3) is 16.7 Å². The van der Waals surface area contributed by atoms with Gasteiger partial charge >= 0.3 is 5.63 Å². The summed E-state index contributed by atoms with van der Waals surface area (Å²) in [7, 11) is 0. The lowest BCUT2D eigenvalue weighted by Crippen LogP contribution is -2.31. The number of fused-ring (bicyclic) bond motifs is 1. The van der Waals surface area contributed by atoms with Crippen molar-refractivity contribution in [1.82, 2.24) is 0 Å². The summed E-state index contributed by atoms with van der Waals surface area (Å²) in [6.07, 6.45) is 2.95. The molecule has 156 valence electrons. The third kappa shape index (κ3) is 3.61. The molecule has 4 nitrogen and oxygen atoms in total. The minimum absolute atomic E-state index is 0.0905. The van der Waals surface area contributed by atoms with Gasteiger partial charge in [0.05, 0.1) is 0 Å². The first-order valence-electron chi connectivity index (χ1n) is 10.3. The maximum atomic E-state index is 13.1. The summed E-state index contributed by atoms with van der Waals surface area (Å²) < 4.78 is 11.7. The van der Waals surface area contributed by atoms with Crippen molar-refractivity contribution < 1.29 is 13.9 Å². The third-order valence-electron chi connectivity index (χ3n) is 5.86. The molecule has 5 rings (SSSR count). The summed E-state index contributed by atoms with van der Waals surface area (Å²) in [5, 5.41) is 1.26. The molecule has 31 heavy (non-hydrogen) atoms. The van der Waals surface area contributed by atoms with Crippen molar-refractivity contribution in [1.29, 1.82) is 0 Å². The Hall–Kier alpha value is -3.11. The van der Waals surface area contributed by atoms with E-state index in [1.165, 1.54) is 0 Å². The number of ether oxygens (including phenoxy) is 1. The first-order valence-corrected chi connectivity index (χ1v) is 10.6. The van der Waals surface area contributed by atoms with Crippen molar-refractivity contribution in [3.63, 3.8) is 0 Å². The number of rotatable bonds is 2. The smallest absolute Gasteiger partial charge is 0.347 e. The van der Waals surface area contributed by atoms with Crippen LogP contribution in [0.2, 0.25) is 5.02 Å². The molecule has 1 aliphatic carbocycles. The SMILES string of the molecule is CC1(C)CC(=O)C2=C(C1)OC(c1cc3cc(Cl)ccc3oc1=O)=CC2c1ccccc1. The van der Waals surface area contributed by atoms with E-state index in [9.17, 15) is 9.59 Å². The van der Waals surface area contributed by atoms with Crippen molar-refractivity contribution in [3.05, 3.63) is 98.6 Å². The van der Waals surface area contributed by atoms with Gasteiger partial charge in [-0.3, -0.25) is 4.79 Å². The van der Waals surface area contributed by atoms with Crippen LogP contribution in [0.4, 0.5) is 0 Å². The zero-order valence-corrected chi connectivity index (χ0v) is 18.0. The highest BCUT2D eigenvalue weighted by Gasteiger charge is 2.40. The van der Waals surface area contributed by atoms with Crippen LogP contribution >= 0.6 is 11.6 Å². The number of benzene rings is 2. The Morgan fingerprint density at radius 1 is 1.00 bits per heavy atom. The summed E-state index contributed by atoms with van der Waals surface area (Å²) in [5.74, 6) is 0.859. The quantitative estimate of drug-likeness (QED) is 0.449. The summed E-state index contributed by atoms with van der Waals surface area (Å²) in [6.45, 7) is 4.11. The second-order valence-electron chi connectivity index (χ2n) is 8.93. The van der Waals surface area contributed by atoms with Gasteiger partial charge in [0, 0.05) is 34.7 Å². The molecule has 0 N–H and O–H groups in total. The average Bonchev–Trinajstić information content (AvgIpc) is 2.72. The number of hydrogen-bond acceptors (Lipinski definition) is 4. The molecule has 1 atom stereocenters. The van der Waals surface area contributed by atoms with Gasteiger partial charge in [0.15, 0.2) is 5.78 Å². The Bertz CT molecular complexity index is 1330. The largest absolute Gasteiger partial charge is 0.461 e. The fourth-order valence-corrected chi connectivity index (χ4v) is 4.63. The van der Waals surface area contributed by atoms with Crippen LogP contribution in [0, 0.1) is 5.41 Å². The third-order valence-corrected chi connectivity index (χ3v) is 6.09. The van der Waals surface area contributed by atoms with Gasteiger partial charge in [0.25, 0.3) is 0 Å². The molecule has 0 saturated heterocycles. The minimum Gasteiger partial charge on any atom is -0.461 e. The molecule has 0 spiro atoms. The number of ketones is 1. The van der Waals surface area contributed by atoms with Crippen LogP contribution in [0.15, 0.2) is 81.2 Å². The molecular weight excluding hydrogens is 412 g/mol. The molecule has 3 aromatic rings. The number of carbonyl (C=O) groups excluding carboxylic acids is 1. The van der Waals surface area contributed by atoms with Gasteiger partial charge in [-0.25, -0.2) is 4.79 Å². The molecule has 0 bridgehead atoms. The lowest BCUT2D eigenvalue weighted by molar-refractivity contribution is -0.118. The van der Waals surface area contributed by atoms with Gasteiger partial charge in [-0.2, -0.15) is 0 Å². The van der Waals surface area contributed by atoms with Crippen LogP contribution in [0.1, 0.15) is 43.7 Å². The van der Waals surface area contributed by atoms with Crippen LogP contribution in [-0.4, -0.2) is 5.78 Å². The highest BCUT2D eigenvalue weighted by atomic mass is 35.5. The number of Topliss-reactive ketones (excluding diaryl/α,β-unsaturated/α-hetero) is 1. The topological polar surface area (TPSA) is 56.5 Å². The van der Waals surface area contributed by atoms with E-state index in [0.29, 0.717) is 51.5 Å². The fourth-order valence-electron chi connectivity index (χ4n) is 4.45. The van der Waals surface area contributed by atoms with E-state index < -0.39 is 5.63 Å². The average molecular weight is 433 g/mol. The Kier molecular flexibility index (Phi) is 4.63. The lowest BCUT2D eigenvalue weighted by Gasteiger charge is -2.36. The van der Waals surface area contributed by atoms with Crippen LogP contribution in [-0.2, 0) is 9.53 Å². The standard InChI is InChI=1S/C26H21ClO4/c1-26(2)13-20(28)24-18(15-6-4-3-5-7-15)12-22(30-23(24)14-26)19-11-16-10-17(27)8-9-21(16)31-25(19)29/h3-12,18H,13-14H2,1-2H3. The van der Waals surface area contributed by atoms with Crippen molar-refractivity contribution in [3.8, 4) is 0 Å². The second-order valence-corrected chi connectivity index (χ2v) is 9.37. The molecule has 0 radical (unpaired) electrons. The van der Waals surface area contributed by atoms with E-state index in [1.807, 2.05) is 36.4 Å². The first-order chi connectivity index (χ1) is 14.8. The predicted octanol–water partition coefficient (Wildman–Crippen LogP) is 6.24. The van der Waals surface area contributed by atoms with Gasteiger partial charge in [-0.15, -0.1) is 0 Å². The Morgan fingerprint density at radius 2 is 1.77 bits per heavy atom. The van der Waals surface area contributed by atoms with E-state index in [2.05, 4.69) is 13.8 Å². The molecule has 2 aliphatic rings. The molecule has 0 fully saturated rings. The second kappa shape index (κ2) is 7.24. The summed E-state index contributed by atoms with van der Waals surface area (Å²) in [6, 6.07) is 16.7.